The average Bonchev–Trinajstić information content (AvgIpc) is 2.49. The first-order valence-corrected chi connectivity index (χ1v) is 5.82. The summed E-state index contributed by atoms with van der Waals surface area (Å²) in [5.74, 6) is -0.711. The van der Waals surface area contributed by atoms with Crippen molar-refractivity contribution in [3.63, 3.8) is 0 Å². The fourth-order valence-corrected chi connectivity index (χ4v) is 4.15. The van der Waals surface area contributed by atoms with Crippen molar-refractivity contribution < 1.29 is 14.5 Å². The van der Waals surface area contributed by atoms with Gasteiger partial charge in [0.05, 0.1) is 0 Å². The van der Waals surface area contributed by atoms with E-state index in [0.29, 0.717) is 5.92 Å². The van der Waals surface area contributed by atoms with Crippen LogP contribution < -0.4 is 0 Å². The molecule has 3 fully saturated rings. The lowest BCUT2D eigenvalue weighted by atomic mass is 9.59. The largest absolute Gasteiger partial charge is 0.312 e. The Morgan fingerprint density at radius 1 is 1.00 bits per heavy atom. The van der Waals surface area contributed by atoms with E-state index in [1.807, 2.05) is 13.8 Å². The second-order valence-corrected chi connectivity index (χ2v) is 6.38. The molecule has 2 saturated heterocycles. The molecule has 3 nitrogen and oxygen atoms in total. The molecule has 0 radical (unpaired) electrons. The van der Waals surface area contributed by atoms with Gasteiger partial charge in [0.15, 0.2) is 0 Å². The molecule has 15 heavy (non-hydrogen) atoms. The van der Waals surface area contributed by atoms with Crippen molar-refractivity contribution in [1.82, 2.24) is 0 Å². The standard InChI is InChI=1S/C12H20O3/c1-9(2)8-6-7-10(9,3)12(5)13-11(8,4)14-15-12/h8H,6-7H2,1-5H3/t8-,10+,11+,12-/m0/s1. The fraction of sp³-hybridized carbons (Fsp3) is 1.00. The molecular weight excluding hydrogens is 192 g/mol. The van der Waals surface area contributed by atoms with Crippen LogP contribution in [0.15, 0.2) is 0 Å². The minimum Gasteiger partial charge on any atom is -0.312 e. The zero-order valence-corrected chi connectivity index (χ0v) is 10.2. The van der Waals surface area contributed by atoms with E-state index in [-0.39, 0.29) is 10.8 Å². The highest BCUT2D eigenvalue weighted by molar-refractivity contribution is 5.14. The van der Waals surface area contributed by atoms with Crippen LogP contribution in [0.5, 0.6) is 0 Å². The maximum Gasteiger partial charge on any atom is 0.207 e. The summed E-state index contributed by atoms with van der Waals surface area (Å²) in [7, 11) is 0. The Balaban J connectivity index is 2.20. The van der Waals surface area contributed by atoms with E-state index in [1.165, 1.54) is 6.42 Å². The molecule has 0 unspecified atom stereocenters. The molecule has 0 aromatic rings. The van der Waals surface area contributed by atoms with Gasteiger partial charge in [-0.05, 0) is 32.1 Å². The normalized spacial score (nSPS) is 61.0. The SMILES string of the molecule is CC1(C)[C@@H]2CC[C@@]1(C)[C@]1(C)OO[C@@]2(C)O1. The quantitative estimate of drug-likeness (QED) is 0.578. The smallest absolute Gasteiger partial charge is 0.207 e. The van der Waals surface area contributed by atoms with Crippen molar-refractivity contribution in [1.29, 1.82) is 0 Å². The van der Waals surface area contributed by atoms with Gasteiger partial charge in [-0.25, -0.2) is 0 Å². The van der Waals surface area contributed by atoms with Gasteiger partial charge in [-0.2, -0.15) is 9.78 Å². The van der Waals surface area contributed by atoms with Crippen molar-refractivity contribution in [2.45, 2.75) is 59.0 Å². The Labute approximate surface area is 91.0 Å². The predicted molar refractivity (Wildman–Crippen MR) is 54.7 cm³/mol. The van der Waals surface area contributed by atoms with Crippen molar-refractivity contribution in [2.24, 2.45) is 16.7 Å². The van der Waals surface area contributed by atoms with Crippen LogP contribution in [0.25, 0.3) is 0 Å². The van der Waals surface area contributed by atoms with Gasteiger partial charge in [0, 0.05) is 11.3 Å². The van der Waals surface area contributed by atoms with E-state index in [1.54, 1.807) is 0 Å². The van der Waals surface area contributed by atoms with E-state index in [2.05, 4.69) is 20.8 Å². The van der Waals surface area contributed by atoms with Crippen LogP contribution in [0.1, 0.15) is 47.5 Å². The lowest BCUT2D eigenvalue weighted by molar-refractivity contribution is -0.360. The van der Waals surface area contributed by atoms with Crippen molar-refractivity contribution in [3.05, 3.63) is 0 Å². The summed E-state index contributed by atoms with van der Waals surface area (Å²) in [6.45, 7) is 10.9. The number of fused-ring (bicyclic) bond motifs is 6. The van der Waals surface area contributed by atoms with Crippen LogP contribution >= 0.6 is 0 Å². The summed E-state index contributed by atoms with van der Waals surface area (Å²) in [4.78, 5) is 11.0. The topological polar surface area (TPSA) is 27.7 Å². The van der Waals surface area contributed by atoms with Crippen LogP contribution in [-0.2, 0) is 14.5 Å². The minimum absolute atomic E-state index is 0.0423. The van der Waals surface area contributed by atoms with Gasteiger partial charge in [-0.1, -0.05) is 20.8 Å². The molecule has 2 aliphatic heterocycles. The molecule has 4 atom stereocenters. The monoisotopic (exact) mass is 212 g/mol. The van der Waals surface area contributed by atoms with E-state index in [4.69, 9.17) is 14.5 Å². The van der Waals surface area contributed by atoms with Gasteiger partial charge >= 0.3 is 0 Å². The molecule has 2 heterocycles. The first kappa shape index (κ1) is 10.1. The van der Waals surface area contributed by atoms with Crippen LogP contribution in [0.2, 0.25) is 0 Å². The number of ether oxygens (including phenoxy) is 1. The first-order chi connectivity index (χ1) is 6.75. The molecule has 1 saturated carbocycles. The molecule has 86 valence electrons. The molecule has 0 N–H and O–H groups in total. The lowest BCUT2D eigenvalue weighted by Gasteiger charge is -2.53. The van der Waals surface area contributed by atoms with E-state index in [9.17, 15) is 0 Å². The van der Waals surface area contributed by atoms with Gasteiger partial charge < -0.3 is 4.74 Å². The Hall–Kier alpha value is -0.120. The Bertz CT molecular complexity index is 320. The van der Waals surface area contributed by atoms with Crippen molar-refractivity contribution in [2.75, 3.05) is 0 Å². The third-order valence-electron chi connectivity index (χ3n) is 5.63. The predicted octanol–water partition coefficient (Wildman–Crippen LogP) is 2.85. The van der Waals surface area contributed by atoms with E-state index in [0.717, 1.165) is 6.42 Å². The minimum atomic E-state index is -0.585. The second-order valence-electron chi connectivity index (χ2n) is 6.38. The number of hydrogen-bond acceptors (Lipinski definition) is 3. The Morgan fingerprint density at radius 3 is 2.33 bits per heavy atom. The molecule has 0 aromatic carbocycles. The van der Waals surface area contributed by atoms with E-state index >= 15 is 0 Å². The average molecular weight is 212 g/mol. The Morgan fingerprint density at radius 2 is 1.67 bits per heavy atom. The molecule has 1 aliphatic carbocycles. The summed E-state index contributed by atoms with van der Waals surface area (Å²) in [5, 5.41) is 0. The maximum atomic E-state index is 6.05. The number of hydrogen-bond donors (Lipinski definition) is 0. The third-order valence-corrected chi connectivity index (χ3v) is 5.63. The maximum absolute atomic E-state index is 6.05. The zero-order valence-electron chi connectivity index (χ0n) is 10.2. The summed E-state index contributed by atoms with van der Waals surface area (Å²) < 4.78 is 6.05. The highest BCUT2D eigenvalue weighted by Gasteiger charge is 2.76. The van der Waals surface area contributed by atoms with Gasteiger partial charge in [0.1, 0.15) is 0 Å². The molecule has 0 aromatic heterocycles. The second kappa shape index (κ2) is 2.27. The molecule has 0 spiro atoms. The van der Waals surface area contributed by atoms with Crippen LogP contribution in [0, 0.1) is 16.7 Å². The zero-order chi connectivity index (χ0) is 11.1. The molecular formula is C12H20O3. The van der Waals surface area contributed by atoms with Crippen molar-refractivity contribution in [3.8, 4) is 0 Å². The highest BCUT2D eigenvalue weighted by Crippen LogP contribution is 2.71. The lowest BCUT2D eigenvalue weighted by Crippen LogP contribution is -2.60. The van der Waals surface area contributed by atoms with E-state index < -0.39 is 11.6 Å². The summed E-state index contributed by atoms with van der Waals surface area (Å²) >= 11 is 0. The molecule has 3 heteroatoms. The van der Waals surface area contributed by atoms with Crippen LogP contribution in [0.3, 0.4) is 0 Å². The molecule has 3 aliphatic rings. The summed E-state index contributed by atoms with van der Waals surface area (Å²) in [6.07, 6.45) is 2.32. The molecule has 4 bridgehead atoms. The third kappa shape index (κ3) is 0.820. The van der Waals surface area contributed by atoms with Crippen LogP contribution in [0.4, 0.5) is 0 Å². The Kier molecular flexibility index (Phi) is 1.52. The van der Waals surface area contributed by atoms with Gasteiger partial charge in [-0.3, -0.25) is 0 Å². The first-order valence-electron chi connectivity index (χ1n) is 5.82. The van der Waals surface area contributed by atoms with Gasteiger partial charge in [0.25, 0.3) is 0 Å². The molecule has 3 rings (SSSR count). The van der Waals surface area contributed by atoms with Crippen molar-refractivity contribution >= 4 is 0 Å². The summed E-state index contributed by atoms with van der Waals surface area (Å²) in [5.41, 5.74) is 0.242. The van der Waals surface area contributed by atoms with Crippen LogP contribution in [-0.4, -0.2) is 11.6 Å². The fourth-order valence-electron chi connectivity index (χ4n) is 4.15. The van der Waals surface area contributed by atoms with Gasteiger partial charge in [-0.15, -0.1) is 0 Å². The molecule has 0 amide bonds. The summed E-state index contributed by atoms with van der Waals surface area (Å²) in [6, 6.07) is 0. The number of rotatable bonds is 0. The van der Waals surface area contributed by atoms with Gasteiger partial charge in [0.2, 0.25) is 11.6 Å². The highest BCUT2D eigenvalue weighted by atomic mass is 17.3.